The zero-order valence-electron chi connectivity index (χ0n) is 12.2. The van der Waals surface area contributed by atoms with Gasteiger partial charge < -0.3 is 14.8 Å². The molecule has 0 bridgehead atoms. The number of hydrogen-bond acceptors (Lipinski definition) is 5. The number of esters is 1. The second-order valence-corrected chi connectivity index (χ2v) is 5.27. The summed E-state index contributed by atoms with van der Waals surface area (Å²) in [6, 6.07) is 3.54. The van der Waals surface area contributed by atoms with Crippen LogP contribution in [0.4, 0.5) is 0 Å². The predicted molar refractivity (Wildman–Crippen MR) is 73.1 cm³/mol. The normalized spacial score (nSPS) is 12.9. The van der Waals surface area contributed by atoms with Crippen molar-refractivity contribution in [1.82, 2.24) is 10.3 Å². The van der Waals surface area contributed by atoms with Gasteiger partial charge in [-0.1, -0.05) is 6.07 Å². The van der Waals surface area contributed by atoms with E-state index in [0.717, 1.165) is 5.56 Å². The lowest BCUT2D eigenvalue weighted by atomic mass is 10.1. The van der Waals surface area contributed by atoms with Gasteiger partial charge >= 0.3 is 5.97 Å². The van der Waals surface area contributed by atoms with Gasteiger partial charge in [-0.2, -0.15) is 0 Å². The van der Waals surface area contributed by atoms with Crippen molar-refractivity contribution in [3.63, 3.8) is 0 Å². The summed E-state index contributed by atoms with van der Waals surface area (Å²) in [6.45, 7) is 5.57. The van der Waals surface area contributed by atoms with E-state index in [2.05, 4.69) is 10.3 Å². The standard InChI is InChI=1S/C14H22N2O3/c1-14(2,3)19-13(17)8-11(15-4)10-6-7-12(18-5)16-9-10/h6-7,9,11,15H,8H2,1-5H3. The van der Waals surface area contributed by atoms with Gasteiger partial charge in [-0.25, -0.2) is 4.98 Å². The van der Waals surface area contributed by atoms with Crippen LogP contribution in [0.25, 0.3) is 0 Å². The summed E-state index contributed by atoms with van der Waals surface area (Å²) in [4.78, 5) is 16.0. The zero-order valence-corrected chi connectivity index (χ0v) is 12.2. The van der Waals surface area contributed by atoms with Gasteiger partial charge in [0.1, 0.15) is 5.60 Å². The quantitative estimate of drug-likeness (QED) is 0.827. The highest BCUT2D eigenvalue weighted by Crippen LogP contribution is 2.19. The Morgan fingerprint density at radius 2 is 2.11 bits per heavy atom. The van der Waals surface area contributed by atoms with Gasteiger partial charge in [-0.05, 0) is 33.4 Å². The van der Waals surface area contributed by atoms with Crippen LogP contribution in [0.1, 0.15) is 38.8 Å². The molecule has 1 aromatic heterocycles. The van der Waals surface area contributed by atoms with E-state index in [4.69, 9.17) is 9.47 Å². The van der Waals surface area contributed by atoms with E-state index in [1.807, 2.05) is 26.8 Å². The summed E-state index contributed by atoms with van der Waals surface area (Å²) in [5.41, 5.74) is 0.460. The minimum atomic E-state index is -0.465. The maximum Gasteiger partial charge on any atom is 0.308 e. The number of pyridine rings is 1. The fourth-order valence-corrected chi connectivity index (χ4v) is 1.66. The topological polar surface area (TPSA) is 60.5 Å². The largest absolute Gasteiger partial charge is 0.481 e. The smallest absolute Gasteiger partial charge is 0.308 e. The first-order valence-corrected chi connectivity index (χ1v) is 6.25. The van der Waals surface area contributed by atoms with E-state index in [1.54, 1.807) is 26.4 Å². The van der Waals surface area contributed by atoms with Crippen molar-refractivity contribution in [2.45, 2.75) is 38.8 Å². The van der Waals surface area contributed by atoms with Crippen LogP contribution in [0.3, 0.4) is 0 Å². The Bertz CT molecular complexity index is 410. The van der Waals surface area contributed by atoms with Crippen molar-refractivity contribution in [2.75, 3.05) is 14.2 Å². The number of aromatic nitrogens is 1. The number of nitrogens with one attached hydrogen (secondary N) is 1. The third-order valence-electron chi connectivity index (χ3n) is 2.51. The number of nitrogens with zero attached hydrogens (tertiary/aromatic N) is 1. The molecule has 1 aromatic rings. The van der Waals surface area contributed by atoms with Gasteiger partial charge in [-0.15, -0.1) is 0 Å². The molecule has 0 radical (unpaired) electrons. The minimum absolute atomic E-state index is 0.117. The summed E-state index contributed by atoms with van der Waals surface area (Å²) in [7, 11) is 3.37. The highest BCUT2D eigenvalue weighted by molar-refractivity contribution is 5.71. The van der Waals surface area contributed by atoms with E-state index in [1.165, 1.54) is 0 Å². The van der Waals surface area contributed by atoms with Crippen molar-refractivity contribution in [2.24, 2.45) is 0 Å². The summed E-state index contributed by atoms with van der Waals surface area (Å²) in [5, 5.41) is 3.09. The zero-order chi connectivity index (χ0) is 14.5. The number of carbonyl (C=O) groups is 1. The molecule has 1 atom stereocenters. The van der Waals surface area contributed by atoms with Crippen molar-refractivity contribution >= 4 is 5.97 Å². The molecule has 19 heavy (non-hydrogen) atoms. The third-order valence-corrected chi connectivity index (χ3v) is 2.51. The fraction of sp³-hybridized carbons (Fsp3) is 0.571. The molecule has 0 aliphatic rings. The van der Waals surface area contributed by atoms with E-state index in [0.29, 0.717) is 5.88 Å². The van der Waals surface area contributed by atoms with Gasteiger partial charge in [0, 0.05) is 18.3 Å². The Morgan fingerprint density at radius 1 is 1.42 bits per heavy atom. The lowest BCUT2D eigenvalue weighted by Gasteiger charge is -2.22. The van der Waals surface area contributed by atoms with Crippen molar-refractivity contribution in [3.8, 4) is 5.88 Å². The fourth-order valence-electron chi connectivity index (χ4n) is 1.66. The molecule has 0 aliphatic heterocycles. The highest BCUT2D eigenvalue weighted by Gasteiger charge is 2.20. The Balaban J connectivity index is 2.69. The first-order valence-electron chi connectivity index (χ1n) is 6.25. The summed E-state index contributed by atoms with van der Waals surface area (Å²) < 4.78 is 10.3. The van der Waals surface area contributed by atoms with Crippen molar-refractivity contribution < 1.29 is 14.3 Å². The van der Waals surface area contributed by atoms with Crippen LogP contribution in [0, 0.1) is 0 Å². The Morgan fingerprint density at radius 3 is 2.53 bits per heavy atom. The number of ether oxygens (including phenoxy) is 2. The van der Waals surface area contributed by atoms with Crippen LogP contribution in [0.2, 0.25) is 0 Å². The number of hydrogen-bond donors (Lipinski definition) is 1. The second kappa shape index (κ2) is 6.52. The van der Waals surface area contributed by atoms with Gasteiger partial charge in [0.15, 0.2) is 0 Å². The van der Waals surface area contributed by atoms with E-state index in [-0.39, 0.29) is 18.4 Å². The average molecular weight is 266 g/mol. The lowest BCUT2D eigenvalue weighted by molar-refractivity contribution is -0.155. The van der Waals surface area contributed by atoms with Gasteiger partial charge in [0.2, 0.25) is 5.88 Å². The van der Waals surface area contributed by atoms with Gasteiger partial charge in [0.05, 0.1) is 13.5 Å². The minimum Gasteiger partial charge on any atom is -0.481 e. The van der Waals surface area contributed by atoms with E-state index >= 15 is 0 Å². The predicted octanol–water partition coefficient (Wildman–Crippen LogP) is 2.08. The lowest BCUT2D eigenvalue weighted by Crippen LogP contribution is -2.27. The molecule has 0 saturated carbocycles. The second-order valence-electron chi connectivity index (χ2n) is 5.27. The Kier molecular flexibility index (Phi) is 5.30. The average Bonchev–Trinajstić information content (AvgIpc) is 2.34. The van der Waals surface area contributed by atoms with Gasteiger partial charge in [0.25, 0.3) is 0 Å². The molecule has 106 valence electrons. The Hall–Kier alpha value is -1.62. The molecular formula is C14H22N2O3. The van der Waals surface area contributed by atoms with Crippen LogP contribution >= 0.6 is 0 Å². The molecule has 0 fully saturated rings. The molecule has 5 heteroatoms. The number of carbonyl (C=O) groups excluding carboxylic acids is 1. The number of methoxy groups -OCH3 is 1. The Labute approximate surface area is 114 Å². The van der Waals surface area contributed by atoms with E-state index in [9.17, 15) is 4.79 Å². The number of rotatable bonds is 5. The molecule has 1 unspecified atom stereocenters. The SMILES string of the molecule is CNC(CC(=O)OC(C)(C)C)c1ccc(OC)nc1. The third kappa shape index (κ3) is 5.26. The summed E-state index contributed by atoms with van der Waals surface area (Å²) in [6.07, 6.45) is 1.96. The maximum atomic E-state index is 11.8. The maximum absolute atomic E-state index is 11.8. The molecule has 0 spiro atoms. The van der Waals surface area contributed by atoms with Gasteiger partial charge in [-0.3, -0.25) is 4.79 Å². The summed E-state index contributed by atoms with van der Waals surface area (Å²) >= 11 is 0. The van der Waals surface area contributed by atoms with Crippen LogP contribution < -0.4 is 10.1 Å². The molecule has 0 amide bonds. The molecule has 5 nitrogen and oxygen atoms in total. The van der Waals surface area contributed by atoms with Crippen molar-refractivity contribution in [3.05, 3.63) is 23.9 Å². The molecule has 0 aromatic carbocycles. The van der Waals surface area contributed by atoms with Crippen LogP contribution in [0.15, 0.2) is 18.3 Å². The molecule has 1 N–H and O–H groups in total. The summed E-state index contributed by atoms with van der Waals surface area (Å²) in [5.74, 6) is 0.318. The highest BCUT2D eigenvalue weighted by atomic mass is 16.6. The molecule has 0 saturated heterocycles. The molecular weight excluding hydrogens is 244 g/mol. The van der Waals surface area contributed by atoms with Crippen molar-refractivity contribution in [1.29, 1.82) is 0 Å². The molecule has 0 aliphatic carbocycles. The monoisotopic (exact) mass is 266 g/mol. The first-order chi connectivity index (χ1) is 8.85. The first kappa shape index (κ1) is 15.4. The molecule has 1 rings (SSSR count). The van der Waals surface area contributed by atoms with Crippen LogP contribution in [0.5, 0.6) is 5.88 Å². The van der Waals surface area contributed by atoms with Crippen LogP contribution in [-0.4, -0.2) is 30.7 Å². The van der Waals surface area contributed by atoms with E-state index < -0.39 is 5.60 Å². The van der Waals surface area contributed by atoms with Crippen LogP contribution in [-0.2, 0) is 9.53 Å². The molecule has 1 heterocycles.